The third-order valence-electron chi connectivity index (χ3n) is 8.86. The maximum atomic E-state index is 13.3. The molecule has 2 saturated heterocycles. The molecule has 214 valence electrons. The van der Waals surface area contributed by atoms with E-state index in [1.807, 2.05) is 4.90 Å². The molecule has 4 amide bonds. The van der Waals surface area contributed by atoms with Crippen LogP contribution in [0.25, 0.3) is 0 Å². The van der Waals surface area contributed by atoms with Gasteiger partial charge < -0.3 is 19.9 Å². The first-order valence-electron chi connectivity index (χ1n) is 14.7. The van der Waals surface area contributed by atoms with E-state index in [0.29, 0.717) is 47.1 Å². The predicted molar refractivity (Wildman–Crippen MR) is 153 cm³/mol. The summed E-state index contributed by atoms with van der Waals surface area (Å²) in [5.41, 5.74) is 0.912. The van der Waals surface area contributed by atoms with Gasteiger partial charge in [0.25, 0.3) is 5.91 Å². The van der Waals surface area contributed by atoms with Gasteiger partial charge in [-0.05, 0) is 75.0 Å². The van der Waals surface area contributed by atoms with E-state index in [4.69, 9.17) is 11.6 Å². The Morgan fingerprint density at radius 3 is 2.15 bits per heavy atom. The molecule has 1 aromatic rings. The van der Waals surface area contributed by atoms with Gasteiger partial charge in [0.1, 0.15) is 6.29 Å². The molecule has 0 spiro atoms. The van der Waals surface area contributed by atoms with Crippen molar-refractivity contribution in [2.24, 2.45) is 17.8 Å². The van der Waals surface area contributed by atoms with E-state index in [0.717, 1.165) is 57.9 Å². The number of piperidine rings is 2. The van der Waals surface area contributed by atoms with Crippen LogP contribution >= 0.6 is 11.6 Å². The second-order valence-electron chi connectivity index (χ2n) is 11.4. The number of hydrogen-bond donors (Lipinski definition) is 1. The van der Waals surface area contributed by atoms with Gasteiger partial charge >= 0.3 is 6.03 Å². The molecule has 0 unspecified atom stereocenters. The fraction of sp³-hybridized carbons (Fsp3) is 0.667. The average Bonchev–Trinajstić information content (AvgIpc) is 2.98. The van der Waals surface area contributed by atoms with Gasteiger partial charge in [0, 0.05) is 57.7 Å². The van der Waals surface area contributed by atoms with Crippen molar-refractivity contribution < 1.29 is 19.2 Å². The van der Waals surface area contributed by atoms with Crippen molar-refractivity contribution in [3.63, 3.8) is 0 Å². The van der Waals surface area contributed by atoms with Gasteiger partial charge in [-0.15, -0.1) is 0 Å². The van der Waals surface area contributed by atoms with E-state index < -0.39 is 0 Å². The van der Waals surface area contributed by atoms with Crippen LogP contribution in [0.15, 0.2) is 18.2 Å². The van der Waals surface area contributed by atoms with Crippen LogP contribution in [0.3, 0.4) is 0 Å². The summed E-state index contributed by atoms with van der Waals surface area (Å²) in [6, 6.07) is 4.61. The first-order chi connectivity index (χ1) is 18.9. The van der Waals surface area contributed by atoms with Crippen molar-refractivity contribution in [1.82, 2.24) is 15.1 Å². The molecule has 2 aliphatic heterocycles. The molecule has 0 aromatic heterocycles. The Morgan fingerprint density at radius 2 is 1.56 bits per heavy atom. The van der Waals surface area contributed by atoms with Crippen molar-refractivity contribution in [2.45, 2.75) is 70.6 Å². The fourth-order valence-corrected chi connectivity index (χ4v) is 6.74. The smallest absolute Gasteiger partial charge is 0.321 e. The number of halogens is 1. The predicted octanol–water partition coefficient (Wildman–Crippen LogP) is 5.14. The number of rotatable bonds is 8. The number of anilines is 1. The summed E-state index contributed by atoms with van der Waals surface area (Å²) in [7, 11) is 1.52. The number of likely N-dealkylation sites (tertiary alicyclic amines) is 2. The Labute approximate surface area is 237 Å². The number of nitrogens with one attached hydrogen (secondary N) is 1. The van der Waals surface area contributed by atoms with Crippen LogP contribution in [-0.2, 0) is 9.59 Å². The first kappa shape index (κ1) is 29.4. The number of amides is 4. The zero-order chi connectivity index (χ0) is 27.8. The van der Waals surface area contributed by atoms with E-state index >= 15 is 0 Å². The third kappa shape index (κ3) is 7.53. The highest BCUT2D eigenvalue weighted by Gasteiger charge is 2.31. The van der Waals surface area contributed by atoms with Crippen LogP contribution in [0.5, 0.6) is 0 Å². The SMILES string of the molecule is CNC(=O)N(CCC=O)c1cc(C(=O)N2CCC(CC3CCN(C(=O)C4CCCCC4)CC3)CC2)ccc1Cl. The third-order valence-corrected chi connectivity index (χ3v) is 9.18. The average molecular weight is 559 g/mol. The Balaban J connectivity index is 1.26. The Kier molecular flexibility index (Phi) is 10.7. The van der Waals surface area contributed by atoms with Gasteiger partial charge in [0.05, 0.1) is 10.7 Å². The highest BCUT2D eigenvalue weighted by molar-refractivity contribution is 6.34. The van der Waals surface area contributed by atoms with Crippen molar-refractivity contribution in [1.29, 1.82) is 0 Å². The lowest BCUT2D eigenvalue weighted by Crippen LogP contribution is -2.43. The van der Waals surface area contributed by atoms with Crippen LogP contribution in [0, 0.1) is 17.8 Å². The van der Waals surface area contributed by atoms with Gasteiger partial charge in [-0.1, -0.05) is 30.9 Å². The second kappa shape index (κ2) is 14.1. The standard InChI is InChI=1S/C30H43ClN4O4/c1-32-30(39)35(14-5-19-36)27-21-25(8-9-26(27)31)29(38)34-17-12-23(13-18-34)20-22-10-15-33(16-11-22)28(37)24-6-3-2-4-7-24/h8-9,19,21-24H,2-7,10-18,20H2,1H3,(H,32,39). The minimum atomic E-state index is -0.381. The quantitative estimate of drug-likeness (QED) is 0.448. The van der Waals surface area contributed by atoms with E-state index in [1.165, 1.54) is 37.6 Å². The lowest BCUT2D eigenvalue weighted by Gasteiger charge is -2.38. The molecule has 1 saturated carbocycles. The lowest BCUT2D eigenvalue weighted by atomic mass is 9.82. The van der Waals surface area contributed by atoms with E-state index in [9.17, 15) is 19.2 Å². The number of nitrogens with zero attached hydrogens (tertiary/aromatic N) is 3. The Morgan fingerprint density at radius 1 is 0.949 bits per heavy atom. The first-order valence-corrected chi connectivity index (χ1v) is 15.1. The molecule has 3 aliphatic rings. The summed E-state index contributed by atoms with van der Waals surface area (Å²) >= 11 is 6.38. The summed E-state index contributed by atoms with van der Waals surface area (Å²) in [6.45, 7) is 3.40. The fourth-order valence-electron chi connectivity index (χ4n) is 6.52. The highest BCUT2D eigenvalue weighted by Crippen LogP contribution is 2.33. The largest absolute Gasteiger partial charge is 0.342 e. The number of aldehydes is 1. The molecule has 3 fully saturated rings. The van der Waals surface area contributed by atoms with Crippen LogP contribution in [0.1, 0.15) is 81.0 Å². The van der Waals surface area contributed by atoms with Gasteiger partial charge in [0.2, 0.25) is 5.91 Å². The van der Waals surface area contributed by atoms with Crippen LogP contribution in [0.4, 0.5) is 10.5 Å². The van der Waals surface area contributed by atoms with Crippen molar-refractivity contribution in [3.05, 3.63) is 28.8 Å². The van der Waals surface area contributed by atoms with Crippen molar-refractivity contribution >= 4 is 41.4 Å². The minimum absolute atomic E-state index is 0.0619. The zero-order valence-corrected chi connectivity index (χ0v) is 24.0. The molecule has 1 aliphatic carbocycles. The Hall–Kier alpha value is -2.61. The van der Waals surface area contributed by atoms with Crippen LogP contribution in [0.2, 0.25) is 5.02 Å². The zero-order valence-electron chi connectivity index (χ0n) is 23.2. The minimum Gasteiger partial charge on any atom is -0.342 e. The summed E-state index contributed by atoms with van der Waals surface area (Å²) in [4.78, 5) is 54.9. The van der Waals surface area contributed by atoms with Crippen LogP contribution < -0.4 is 10.2 Å². The van der Waals surface area contributed by atoms with Crippen molar-refractivity contribution in [3.8, 4) is 0 Å². The molecule has 4 rings (SSSR count). The molecular formula is C30H43ClN4O4. The van der Waals surface area contributed by atoms with Crippen molar-refractivity contribution in [2.75, 3.05) is 44.7 Å². The molecule has 1 aromatic carbocycles. The summed E-state index contributed by atoms with van der Waals surface area (Å²) in [5.74, 6) is 1.86. The van der Waals surface area contributed by atoms with Crippen LogP contribution in [-0.4, -0.2) is 73.7 Å². The highest BCUT2D eigenvalue weighted by atomic mass is 35.5. The van der Waals surface area contributed by atoms with E-state index in [1.54, 1.807) is 18.2 Å². The molecular weight excluding hydrogens is 516 g/mol. The maximum absolute atomic E-state index is 13.3. The van der Waals surface area contributed by atoms with Gasteiger partial charge in [-0.2, -0.15) is 0 Å². The Bertz CT molecular complexity index is 1010. The summed E-state index contributed by atoms with van der Waals surface area (Å²) in [5, 5.41) is 2.92. The summed E-state index contributed by atoms with van der Waals surface area (Å²) in [6.07, 6.45) is 12.1. The molecule has 0 radical (unpaired) electrons. The number of benzene rings is 1. The monoisotopic (exact) mass is 558 g/mol. The van der Waals surface area contributed by atoms with Gasteiger partial charge in [-0.25, -0.2) is 4.79 Å². The topological polar surface area (TPSA) is 90.0 Å². The molecule has 39 heavy (non-hydrogen) atoms. The van der Waals surface area contributed by atoms with Gasteiger partial charge in [0.15, 0.2) is 0 Å². The molecule has 1 N–H and O–H groups in total. The van der Waals surface area contributed by atoms with E-state index in [2.05, 4.69) is 10.2 Å². The number of carbonyl (C=O) groups is 4. The summed E-state index contributed by atoms with van der Waals surface area (Å²) < 4.78 is 0. The molecule has 0 bridgehead atoms. The van der Waals surface area contributed by atoms with E-state index in [-0.39, 0.29) is 30.8 Å². The maximum Gasteiger partial charge on any atom is 0.321 e. The van der Waals surface area contributed by atoms with Gasteiger partial charge in [-0.3, -0.25) is 14.5 Å². The molecule has 0 atom stereocenters. The second-order valence-corrected chi connectivity index (χ2v) is 11.8. The molecule has 9 heteroatoms. The number of carbonyl (C=O) groups excluding carboxylic acids is 4. The molecule has 2 heterocycles. The molecule has 8 nitrogen and oxygen atoms in total. The lowest BCUT2D eigenvalue weighted by molar-refractivity contribution is -0.138. The number of urea groups is 1. The normalized spacial score (nSPS) is 19.5. The number of hydrogen-bond acceptors (Lipinski definition) is 4.